The fourth-order valence-electron chi connectivity index (χ4n) is 2.26. The van der Waals surface area contributed by atoms with Crippen molar-refractivity contribution in [1.29, 1.82) is 0 Å². The van der Waals surface area contributed by atoms with Gasteiger partial charge < -0.3 is 14.2 Å². The lowest BCUT2D eigenvalue weighted by atomic mass is 9.71. The van der Waals surface area contributed by atoms with Crippen molar-refractivity contribution >= 4 is 5.97 Å². The predicted molar refractivity (Wildman–Crippen MR) is 48.6 cm³/mol. The number of hydrogen-bond acceptors (Lipinski definition) is 4. The first-order valence-corrected chi connectivity index (χ1v) is 4.88. The van der Waals surface area contributed by atoms with Crippen LogP contribution in [-0.4, -0.2) is 31.1 Å². The lowest BCUT2D eigenvalue weighted by Crippen LogP contribution is -2.50. The highest BCUT2D eigenvalue weighted by atomic mass is 16.8. The van der Waals surface area contributed by atoms with Crippen molar-refractivity contribution in [3.63, 3.8) is 0 Å². The Balaban J connectivity index is 1.91. The van der Waals surface area contributed by atoms with Gasteiger partial charge in [0.15, 0.2) is 5.79 Å². The quantitative estimate of drug-likeness (QED) is 0.594. The van der Waals surface area contributed by atoms with Crippen molar-refractivity contribution < 1.29 is 19.0 Å². The molecule has 0 amide bonds. The number of carbonyl (C=O) groups is 1. The number of rotatable bonds is 1. The minimum absolute atomic E-state index is 0.00231. The summed E-state index contributed by atoms with van der Waals surface area (Å²) < 4.78 is 15.9. The van der Waals surface area contributed by atoms with Gasteiger partial charge in [-0.1, -0.05) is 0 Å². The summed E-state index contributed by atoms with van der Waals surface area (Å²) in [6.07, 6.45) is 1.45. The van der Waals surface area contributed by atoms with Gasteiger partial charge in [0.1, 0.15) is 0 Å². The molecule has 14 heavy (non-hydrogen) atoms. The van der Waals surface area contributed by atoms with Crippen molar-refractivity contribution in [3.05, 3.63) is 0 Å². The Bertz CT molecular complexity index is 253. The van der Waals surface area contributed by atoms with Crippen molar-refractivity contribution in [3.8, 4) is 0 Å². The number of methoxy groups -OCH3 is 1. The first-order valence-electron chi connectivity index (χ1n) is 4.88. The van der Waals surface area contributed by atoms with Crippen LogP contribution in [0.5, 0.6) is 0 Å². The fourth-order valence-corrected chi connectivity index (χ4v) is 2.26. The van der Waals surface area contributed by atoms with Gasteiger partial charge >= 0.3 is 5.97 Å². The van der Waals surface area contributed by atoms with Gasteiger partial charge in [-0.2, -0.15) is 0 Å². The summed E-state index contributed by atoms with van der Waals surface area (Å²) in [5.41, 5.74) is -0.220. The van der Waals surface area contributed by atoms with Crippen LogP contribution in [0.25, 0.3) is 0 Å². The highest BCUT2D eigenvalue weighted by Gasteiger charge is 2.56. The number of carbonyl (C=O) groups excluding carboxylic acids is 1. The Labute approximate surface area is 83.5 Å². The van der Waals surface area contributed by atoms with Crippen LogP contribution in [0.4, 0.5) is 0 Å². The van der Waals surface area contributed by atoms with Crippen molar-refractivity contribution in [2.24, 2.45) is 5.92 Å². The average Bonchev–Trinajstić information content (AvgIpc) is 2.38. The summed E-state index contributed by atoms with van der Waals surface area (Å²) in [5.74, 6) is -0.636. The van der Waals surface area contributed by atoms with Crippen molar-refractivity contribution in [1.82, 2.24) is 0 Å². The third kappa shape index (κ3) is 1.53. The van der Waals surface area contributed by atoms with Gasteiger partial charge in [-0.05, 0) is 26.7 Å². The van der Waals surface area contributed by atoms with Crippen LogP contribution in [-0.2, 0) is 19.0 Å². The first-order chi connectivity index (χ1) is 6.46. The van der Waals surface area contributed by atoms with Crippen LogP contribution in [0.1, 0.15) is 26.7 Å². The normalized spacial score (nSPS) is 39.5. The molecule has 2 fully saturated rings. The van der Waals surface area contributed by atoms with Crippen LogP contribution in [0.3, 0.4) is 0 Å². The molecule has 1 aliphatic carbocycles. The van der Waals surface area contributed by atoms with E-state index in [1.807, 2.05) is 13.8 Å². The molecule has 1 saturated heterocycles. The van der Waals surface area contributed by atoms with Gasteiger partial charge in [0.25, 0.3) is 0 Å². The van der Waals surface area contributed by atoms with Crippen LogP contribution in [0, 0.1) is 5.92 Å². The molecule has 1 aliphatic heterocycles. The maximum Gasteiger partial charge on any atom is 0.308 e. The van der Waals surface area contributed by atoms with E-state index in [1.165, 1.54) is 7.11 Å². The summed E-state index contributed by atoms with van der Waals surface area (Å²) >= 11 is 0. The minimum atomic E-state index is -0.499. The third-order valence-electron chi connectivity index (χ3n) is 2.92. The van der Waals surface area contributed by atoms with Gasteiger partial charge in [0, 0.05) is 0 Å². The minimum Gasteiger partial charge on any atom is -0.469 e. The molecule has 1 spiro atoms. The zero-order valence-corrected chi connectivity index (χ0v) is 8.83. The summed E-state index contributed by atoms with van der Waals surface area (Å²) in [5, 5.41) is 0. The summed E-state index contributed by atoms with van der Waals surface area (Å²) in [7, 11) is 1.42. The van der Waals surface area contributed by atoms with E-state index in [9.17, 15) is 4.79 Å². The number of esters is 1. The maximum absolute atomic E-state index is 11.2. The molecule has 2 aliphatic rings. The van der Waals surface area contributed by atoms with E-state index in [-0.39, 0.29) is 17.5 Å². The van der Waals surface area contributed by atoms with E-state index in [4.69, 9.17) is 9.47 Å². The van der Waals surface area contributed by atoms with Crippen LogP contribution in [0.15, 0.2) is 0 Å². The van der Waals surface area contributed by atoms with Gasteiger partial charge in [-0.25, -0.2) is 0 Å². The molecule has 0 atom stereocenters. The SMILES string of the molecule is COC(=O)[C@H]1C[C@]2(COC(C)(C)O2)C1. The molecule has 4 nitrogen and oxygen atoms in total. The molecule has 80 valence electrons. The molecular weight excluding hydrogens is 184 g/mol. The van der Waals surface area contributed by atoms with Gasteiger partial charge in [-0.3, -0.25) is 4.79 Å². The summed E-state index contributed by atoms with van der Waals surface area (Å²) in [6.45, 7) is 4.38. The van der Waals surface area contributed by atoms with Gasteiger partial charge in [-0.15, -0.1) is 0 Å². The van der Waals surface area contributed by atoms with Crippen LogP contribution < -0.4 is 0 Å². The Morgan fingerprint density at radius 1 is 1.43 bits per heavy atom. The van der Waals surface area contributed by atoms with Crippen molar-refractivity contribution in [2.45, 2.75) is 38.1 Å². The molecule has 0 unspecified atom stereocenters. The van der Waals surface area contributed by atoms with E-state index in [1.54, 1.807) is 0 Å². The van der Waals surface area contributed by atoms with E-state index in [0.29, 0.717) is 6.61 Å². The van der Waals surface area contributed by atoms with E-state index in [2.05, 4.69) is 4.74 Å². The molecule has 1 saturated carbocycles. The summed E-state index contributed by atoms with van der Waals surface area (Å²) in [4.78, 5) is 11.2. The zero-order chi connectivity index (χ0) is 10.4. The first kappa shape index (κ1) is 9.93. The molecule has 0 aromatic heterocycles. The Hall–Kier alpha value is -0.610. The largest absolute Gasteiger partial charge is 0.469 e. The van der Waals surface area contributed by atoms with Gasteiger partial charge in [0.05, 0.1) is 25.2 Å². The highest BCUT2D eigenvalue weighted by Crippen LogP contribution is 2.48. The topological polar surface area (TPSA) is 44.8 Å². The molecule has 1 heterocycles. The van der Waals surface area contributed by atoms with Crippen LogP contribution in [0.2, 0.25) is 0 Å². The molecule has 0 radical (unpaired) electrons. The number of hydrogen-bond donors (Lipinski definition) is 0. The van der Waals surface area contributed by atoms with Gasteiger partial charge in [0.2, 0.25) is 0 Å². The van der Waals surface area contributed by atoms with Crippen molar-refractivity contribution in [2.75, 3.05) is 13.7 Å². The third-order valence-corrected chi connectivity index (χ3v) is 2.92. The lowest BCUT2D eigenvalue weighted by Gasteiger charge is -2.42. The Morgan fingerprint density at radius 3 is 2.50 bits per heavy atom. The second-order valence-electron chi connectivity index (χ2n) is 4.60. The van der Waals surface area contributed by atoms with E-state index >= 15 is 0 Å². The standard InChI is InChI=1S/C10H16O4/c1-9(2)13-6-10(14-9)4-7(5-10)8(11)12-3/h7H,4-6H2,1-3H3/t7-,10+. The zero-order valence-electron chi connectivity index (χ0n) is 8.83. The summed E-state index contributed by atoms with van der Waals surface area (Å²) in [6, 6.07) is 0. The molecule has 0 N–H and O–H groups in total. The van der Waals surface area contributed by atoms with E-state index < -0.39 is 5.79 Å². The number of ether oxygens (including phenoxy) is 3. The lowest BCUT2D eigenvalue weighted by molar-refractivity contribution is -0.196. The maximum atomic E-state index is 11.2. The Kier molecular flexibility index (Phi) is 2.08. The average molecular weight is 200 g/mol. The fraction of sp³-hybridized carbons (Fsp3) is 0.900. The highest BCUT2D eigenvalue weighted by molar-refractivity contribution is 5.73. The second kappa shape index (κ2) is 2.94. The molecule has 0 bridgehead atoms. The molecule has 4 heteroatoms. The molecular formula is C10H16O4. The Morgan fingerprint density at radius 2 is 2.07 bits per heavy atom. The van der Waals surface area contributed by atoms with Crippen LogP contribution >= 0.6 is 0 Å². The molecule has 0 aromatic carbocycles. The molecule has 0 aromatic rings. The van der Waals surface area contributed by atoms with E-state index in [0.717, 1.165) is 12.8 Å². The second-order valence-corrected chi connectivity index (χ2v) is 4.60. The monoisotopic (exact) mass is 200 g/mol. The molecule has 2 rings (SSSR count). The predicted octanol–water partition coefficient (Wildman–Crippen LogP) is 1.09. The smallest absolute Gasteiger partial charge is 0.308 e.